The van der Waals surface area contributed by atoms with Crippen molar-refractivity contribution in [3.05, 3.63) is 113 Å². The summed E-state index contributed by atoms with van der Waals surface area (Å²) in [5, 5.41) is 2.38. The van der Waals surface area contributed by atoms with Crippen LogP contribution in [0, 0.1) is 0 Å². The molecule has 0 saturated carbocycles. The molecule has 0 unspecified atom stereocenters. The summed E-state index contributed by atoms with van der Waals surface area (Å²) in [5.41, 5.74) is 4.72. The zero-order valence-electron chi connectivity index (χ0n) is 19.4. The standard InChI is InChI=1S/C28H21F3N4O2/c29-28(30,31)27(37)33-21-7-4-14-35(17-21)16-18-8-10-20(11-9-18)25-22(19-5-2-1-3-6-19)15-23-24(34-25)12-13-32-26(23)36/h1-13,15,17H,14,16H2,(H,32,36)(H,33,37). The van der Waals surface area contributed by atoms with Gasteiger partial charge < -0.3 is 15.2 Å². The molecule has 0 atom stereocenters. The minimum atomic E-state index is -4.95. The number of hydrogen-bond donors (Lipinski definition) is 2. The molecule has 1 aliphatic heterocycles. The van der Waals surface area contributed by atoms with Gasteiger partial charge in [-0.1, -0.05) is 60.7 Å². The SMILES string of the molecule is O=C(NC1=CN(Cc2ccc(-c3nc4cc[nH]c(=O)c4cc3-c3ccccc3)cc2)CC=C1)C(F)(F)F. The van der Waals surface area contributed by atoms with Gasteiger partial charge in [-0.3, -0.25) is 9.59 Å². The van der Waals surface area contributed by atoms with Crippen LogP contribution in [0.2, 0.25) is 0 Å². The number of benzene rings is 2. The fourth-order valence-corrected chi connectivity index (χ4v) is 4.16. The molecule has 9 heteroatoms. The first-order chi connectivity index (χ1) is 17.8. The molecule has 0 saturated heterocycles. The summed E-state index contributed by atoms with van der Waals surface area (Å²) in [6, 6.07) is 21.0. The average Bonchev–Trinajstić information content (AvgIpc) is 2.89. The molecule has 0 bridgehead atoms. The molecule has 0 fully saturated rings. The van der Waals surface area contributed by atoms with Crippen LogP contribution in [0.4, 0.5) is 13.2 Å². The van der Waals surface area contributed by atoms with Gasteiger partial charge in [0.1, 0.15) is 0 Å². The van der Waals surface area contributed by atoms with Gasteiger partial charge in [0, 0.05) is 36.6 Å². The quantitative estimate of drug-likeness (QED) is 0.396. The number of alkyl halides is 3. The van der Waals surface area contributed by atoms with E-state index in [1.165, 1.54) is 12.3 Å². The van der Waals surface area contributed by atoms with E-state index in [-0.39, 0.29) is 11.3 Å². The highest BCUT2D eigenvalue weighted by Crippen LogP contribution is 2.32. The summed E-state index contributed by atoms with van der Waals surface area (Å²) in [4.78, 5) is 32.9. The van der Waals surface area contributed by atoms with Gasteiger partial charge in [0.05, 0.1) is 22.3 Å². The maximum atomic E-state index is 12.6. The van der Waals surface area contributed by atoms with Crippen molar-refractivity contribution in [2.45, 2.75) is 12.7 Å². The monoisotopic (exact) mass is 502 g/mol. The molecule has 1 aliphatic rings. The predicted octanol–water partition coefficient (Wildman–Crippen LogP) is 5.15. The van der Waals surface area contributed by atoms with Crippen molar-refractivity contribution in [2.75, 3.05) is 6.54 Å². The van der Waals surface area contributed by atoms with E-state index in [1.807, 2.05) is 66.0 Å². The number of nitrogens with zero attached hydrogens (tertiary/aromatic N) is 2. The number of fused-ring (bicyclic) bond motifs is 1. The van der Waals surface area contributed by atoms with Gasteiger partial charge in [0.15, 0.2) is 0 Å². The van der Waals surface area contributed by atoms with Gasteiger partial charge >= 0.3 is 12.1 Å². The van der Waals surface area contributed by atoms with Gasteiger partial charge in [0.2, 0.25) is 0 Å². The Labute approximate surface area is 209 Å². The summed E-state index contributed by atoms with van der Waals surface area (Å²) in [6.07, 6.45) is 1.25. The second-order valence-corrected chi connectivity index (χ2v) is 8.56. The Morgan fingerprint density at radius 1 is 1.03 bits per heavy atom. The third-order valence-corrected chi connectivity index (χ3v) is 5.92. The average molecular weight is 502 g/mol. The molecular formula is C28H21F3N4O2. The second-order valence-electron chi connectivity index (χ2n) is 8.56. The molecular weight excluding hydrogens is 481 g/mol. The second kappa shape index (κ2) is 9.77. The van der Waals surface area contributed by atoms with Gasteiger partial charge in [-0.2, -0.15) is 13.2 Å². The molecule has 2 aromatic heterocycles. The lowest BCUT2D eigenvalue weighted by Gasteiger charge is -2.24. The van der Waals surface area contributed by atoms with E-state index in [2.05, 4.69) is 4.98 Å². The maximum absolute atomic E-state index is 12.6. The zero-order chi connectivity index (χ0) is 26.0. The first-order valence-corrected chi connectivity index (χ1v) is 11.5. The van der Waals surface area contributed by atoms with E-state index in [9.17, 15) is 22.8 Å². The Balaban J connectivity index is 1.42. The molecule has 5 rings (SSSR count). The van der Waals surface area contributed by atoms with Crippen LogP contribution < -0.4 is 10.9 Å². The summed E-state index contributed by atoms with van der Waals surface area (Å²) >= 11 is 0. The number of aromatic nitrogens is 2. The molecule has 4 aromatic rings. The van der Waals surface area contributed by atoms with Gasteiger partial charge in [-0.15, -0.1) is 0 Å². The van der Waals surface area contributed by atoms with Crippen molar-refractivity contribution in [3.8, 4) is 22.4 Å². The number of H-pyrrole nitrogens is 1. The fourth-order valence-electron chi connectivity index (χ4n) is 4.16. The number of hydrogen-bond acceptors (Lipinski definition) is 4. The summed E-state index contributed by atoms with van der Waals surface area (Å²) in [7, 11) is 0. The van der Waals surface area contributed by atoms with E-state index in [4.69, 9.17) is 4.98 Å². The van der Waals surface area contributed by atoms with Gasteiger partial charge in [-0.25, -0.2) is 4.98 Å². The Bertz CT molecular complexity index is 1570. The topological polar surface area (TPSA) is 78.1 Å². The van der Waals surface area contributed by atoms with Crippen LogP contribution in [0.5, 0.6) is 0 Å². The Hall–Kier alpha value is -4.66. The Kier molecular flexibility index (Phi) is 6.35. The van der Waals surface area contributed by atoms with Crippen LogP contribution in [0.15, 0.2) is 102 Å². The lowest BCUT2D eigenvalue weighted by Crippen LogP contribution is -2.37. The summed E-state index contributed by atoms with van der Waals surface area (Å²) < 4.78 is 37.7. The van der Waals surface area contributed by atoms with Crippen LogP contribution in [0.3, 0.4) is 0 Å². The first kappa shape index (κ1) is 24.1. The fraction of sp³-hybridized carbons (Fsp3) is 0.107. The van der Waals surface area contributed by atoms with E-state index < -0.39 is 12.1 Å². The van der Waals surface area contributed by atoms with Crippen LogP contribution in [0.25, 0.3) is 33.3 Å². The first-order valence-electron chi connectivity index (χ1n) is 11.5. The number of carbonyl (C=O) groups is 1. The van der Waals surface area contributed by atoms with Gasteiger partial charge in [0.25, 0.3) is 5.56 Å². The minimum Gasteiger partial charge on any atom is -0.368 e. The van der Waals surface area contributed by atoms with Gasteiger partial charge in [-0.05, 0) is 29.3 Å². The number of nitrogens with one attached hydrogen (secondary N) is 2. The van der Waals surface area contributed by atoms with E-state index >= 15 is 0 Å². The van der Waals surface area contributed by atoms with Crippen molar-refractivity contribution in [3.63, 3.8) is 0 Å². The molecule has 0 aliphatic carbocycles. The predicted molar refractivity (Wildman–Crippen MR) is 135 cm³/mol. The molecule has 1 amide bonds. The van der Waals surface area contributed by atoms with E-state index in [1.54, 1.807) is 23.2 Å². The molecule has 6 nitrogen and oxygen atoms in total. The minimum absolute atomic E-state index is 0.0769. The highest BCUT2D eigenvalue weighted by atomic mass is 19.4. The van der Waals surface area contributed by atoms with Crippen molar-refractivity contribution in [2.24, 2.45) is 0 Å². The highest BCUT2D eigenvalue weighted by molar-refractivity contribution is 5.91. The normalized spacial score (nSPS) is 13.5. The number of pyridine rings is 2. The number of carbonyl (C=O) groups excluding carboxylic acids is 1. The maximum Gasteiger partial charge on any atom is 0.471 e. The van der Waals surface area contributed by atoms with Crippen LogP contribution in [-0.4, -0.2) is 33.5 Å². The number of aromatic amines is 1. The van der Waals surface area contributed by atoms with Crippen molar-refractivity contribution >= 4 is 16.8 Å². The Morgan fingerprint density at radius 2 is 1.78 bits per heavy atom. The van der Waals surface area contributed by atoms with Crippen molar-refractivity contribution < 1.29 is 18.0 Å². The third-order valence-electron chi connectivity index (χ3n) is 5.92. The molecule has 0 spiro atoms. The van der Waals surface area contributed by atoms with Crippen LogP contribution in [-0.2, 0) is 11.3 Å². The molecule has 3 heterocycles. The Morgan fingerprint density at radius 3 is 2.51 bits per heavy atom. The molecule has 2 N–H and O–H groups in total. The lowest BCUT2D eigenvalue weighted by atomic mass is 9.97. The summed E-state index contributed by atoms with van der Waals surface area (Å²) in [6.45, 7) is 0.925. The van der Waals surface area contributed by atoms with Crippen LogP contribution in [0.1, 0.15) is 5.56 Å². The highest BCUT2D eigenvalue weighted by Gasteiger charge is 2.39. The summed E-state index contributed by atoms with van der Waals surface area (Å²) in [5.74, 6) is -2.01. The van der Waals surface area contributed by atoms with Crippen molar-refractivity contribution in [1.29, 1.82) is 0 Å². The van der Waals surface area contributed by atoms with E-state index in [0.29, 0.717) is 24.0 Å². The molecule has 186 valence electrons. The lowest BCUT2D eigenvalue weighted by molar-refractivity contribution is -0.172. The number of allylic oxidation sites excluding steroid dienone is 1. The largest absolute Gasteiger partial charge is 0.471 e. The number of amides is 1. The number of rotatable bonds is 5. The molecule has 2 aromatic carbocycles. The third kappa shape index (κ3) is 5.30. The van der Waals surface area contributed by atoms with Crippen LogP contribution >= 0.6 is 0 Å². The number of halogens is 3. The van der Waals surface area contributed by atoms with Crippen molar-refractivity contribution in [1.82, 2.24) is 20.2 Å². The van der Waals surface area contributed by atoms with E-state index in [0.717, 1.165) is 27.9 Å². The molecule has 37 heavy (non-hydrogen) atoms. The molecule has 0 radical (unpaired) electrons. The zero-order valence-corrected chi connectivity index (χ0v) is 19.4. The smallest absolute Gasteiger partial charge is 0.368 e.